The Balaban J connectivity index is 2.86. The molecule has 0 unspecified atom stereocenters. The lowest BCUT2D eigenvalue weighted by molar-refractivity contribution is 1.12. The summed E-state index contributed by atoms with van der Waals surface area (Å²) in [4.78, 5) is 0. The van der Waals surface area contributed by atoms with E-state index >= 15 is 0 Å². The molecule has 1 rings (SSSR count). The fraction of sp³-hybridized carbons (Fsp3) is 0.250. The van der Waals surface area contributed by atoms with E-state index in [1.54, 1.807) is 6.07 Å². The molecule has 2 nitrogen and oxygen atoms in total. The summed E-state index contributed by atoms with van der Waals surface area (Å²) in [6.45, 7) is 0. The molecule has 0 bridgehead atoms. The molecule has 0 fully saturated rings. The summed E-state index contributed by atoms with van der Waals surface area (Å²) in [6, 6.07) is 5.49. The van der Waals surface area contributed by atoms with Gasteiger partial charge in [-0.2, -0.15) is 25.3 Å². The van der Waals surface area contributed by atoms with E-state index in [2.05, 4.69) is 25.3 Å². The Kier molecular flexibility index (Phi) is 3.17. The second kappa shape index (κ2) is 3.96. The number of rotatable bonds is 2. The monoisotopic (exact) mass is 200 g/mol. The number of hydrogen-bond donors (Lipinski definition) is 4. The van der Waals surface area contributed by atoms with Crippen LogP contribution in [-0.4, -0.2) is 4.58 Å². The molecule has 0 aromatic heterocycles. The Morgan fingerprint density at radius 1 is 1.25 bits per heavy atom. The molecule has 0 saturated carbocycles. The topological polar surface area (TPSA) is 52.0 Å². The largest absolute Gasteiger partial charge is 0.399 e. The summed E-state index contributed by atoms with van der Waals surface area (Å²) in [6.07, 6.45) is 0.748. The Morgan fingerprint density at radius 3 is 2.42 bits per heavy atom. The molecular weight excluding hydrogens is 188 g/mol. The zero-order chi connectivity index (χ0) is 9.14. The van der Waals surface area contributed by atoms with Crippen LogP contribution in [0.1, 0.15) is 5.56 Å². The highest BCUT2D eigenvalue weighted by Gasteiger charge is 2.02. The van der Waals surface area contributed by atoms with Crippen molar-refractivity contribution in [2.24, 2.45) is 0 Å². The average molecular weight is 200 g/mol. The van der Waals surface area contributed by atoms with Crippen LogP contribution in [0.2, 0.25) is 0 Å². The lowest BCUT2D eigenvalue weighted by Crippen LogP contribution is -2.00. The minimum Gasteiger partial charge on any atom is -0.399 e. The van der Waals surface area contributed by atoms with Crippen LogP contribution in [0.15, 0.2) is 18.2 Å². The minimum absolute atomic E-state index is 0.0240. The molecule has 4 N–H and O–H groups in total. The van der Waals surface area contributed by atoms with Crippen molar-refractivity contribution in [2.45, 2.75) is 11.0 Å². The molecule has 0 spiro atoms. The molecule has 0 saturated heterocycles. The number of anilines is 2. The molecule has 0 radical (unpaired) electrons. The first-order valence-corrected chi connectivity index (χ1v) is 4.63. The van der Waals surface area contributed by atoms with Crippen molar-refractivity contribution >= 4 is 36.6 Å². The second-order valence-corrected chi connectivity index (χ2v) is 4.30. The first-order valence-electron chi connectivity index (χ1n) is 3.59. The minimum atomic E-state index is 0.0240. The molecule has 0 amide bonds. The summed E-state index contributed by atoms with van der Waals surface area (Å²) in [5, 5.41) is 0. The van der Waals surface area contributed by atoms with Gasteiger partial charge in [-0.3, -0.25) is 0 Å². The maximum atomic E-state index is 5.72. The van der Waals surface area contributed by atoms with Gasteiger partial charge in [0.25, 0.3) is 0 Å². The molecule has 0 aliphatic carbocycles. The summed E-state index contributed by atoms with van der Waals surface area (Å²) in [7, 11) is 0. The standard InChI is InChI=1S/C8H12N2S2/c9-6-2-1-5(3-8(11)12)7(10)4-6/h1-2,4,8,11-12H,3,9-10H2. The molecule has 1 aromatic carbocycles. The first kappa shape index (κ1) is 9.61. The van der Waals surface area contributed by atoms with Gasteiger partial charge in [-0.1, -0.05) is 6.07 Å². The molecule has 0 aliphatic heterocycles. The zero-order valence-corrected chi connectivity index (χ0v) is 8.35. The van der Waals surface area contributed by atoms with Gasteiger partial charge in [-0.05, 0) is 24.1 Å². The van der Waals surface area contributed by atoms with Crippen molar-refractivity contribution in [3.63, 3.8) is 0 Å². The Labute approximate surface area is 83.2 Å². The highest BCUT2D eigenvalue weighted by Crippen LogP contribution is 2.19. The molecule has 0 atom stereocenters. The lowest BCUT2D eigenvalue weighted by Gasteiger charge is -2.07. The van der Waals surface area contributed by atoms with Gasteiger partial charge in [0.05, 0.1) is 0 Å². The normalized spacial score (nSPS) is 10.6. The van der Waals surface area contributed by atoms with E-state index in [1.165, 1.54) is 0 Å². The van der Waals surface area contributed by atoms with E-state index in [0.717, 1.165) is 12.0 Å². The van der Waals surface area contributed by atoms with Gasteiger partial charge in [0.1, 0.15) is 0 Å². The average Bonchev–Trinajstić information content (AvgIpc) is 1.94. The maximum Gasteiger partial charge on any atom is 0.0483 e. The molecule has 0 aliphatic rings. The van der Waals surface area contributed by atoms with Crippen molar-refractivity contribution in [2.75, 3.05) is 11.5 Å². The van der Waals surface area contributed by atoms with Gasteiger partial charge in [0, 0.05) is 16.0 Å². The first-order chi connectivity index (χ1) is 5.59. The van der Waals surface area contributed by atoms with Crippen LogP contribution in [0.5, 0.6) is 0 Å². The third-order valence-electron chi connectivity index (χ3n) is 1.57. The number of thiol groups is 2. The quantitative estimate of drug-likeness (QED) is 0.333. The molecular formula is C8H12N2S2. The lowest BCUT2D eigenvalue weighted by atomic mass is 10.1. The SMILES string of the molecule is Nc1ccc(CC(S)S)c(N)c1. The highest BCUT2D eigenvalue weighted by atomic mass is 32.2. The van der Waals surface area contributed by atoms with E-state index in [1.807, 2.05) is 12.1 Å². The van der Waals surface area contributed by atoms with Gasteiger partial charge < -0.3 is 11.5 Å². The van der Waals surface area contributed by atoms with Gasteiger partial charge in [-0.15, -0.1) is 0 Å². The van der Waals surface area contributed by atoms with Crippen molar-refractivity contribution in [3.05, 3.63) is 23.8 Å². The zero-order valence-electron chi connectivity index (χ0n) is 6.57. The summed E-state index contributed by atoms with van der Waals surface area (Å²) in [5.41, 5.74) is 13.7. The van der Waals surface area contributed by atoms with Crippen LogP contribution in [0.25, 0.3) is 0 Å². The summed E-state index contributed by atoms with van der Waals surface area (Å²) in [5.74, 6) is 0. The van der Waals surface area contributed by atoms with Crippen LogP contribution in [0.4, 0.5) is 11.4 Å². The third-order valence-corrected chi connectivity index (χ3v) is 1.94. The predicted octanol–water partition coefficient (Wildman–Crippen LogP) is 1.58. The Bertz CT molecular complexity index is 274. The van der Waals surface area contributed by atoms with E-state index in [0.29, 0.717) is 11.4 Å². The predicted molar refractivity (Wildman–Crippen MR) is 60.7 cm³/mol. The van der Waals surface area contributed by atoms with Crippen LogP contribution in [-0.2, 0) is 6.42 Å². The molecule has 66 valence electrons. The van der Waals surface area contributed by atoms with Gasteiger partial charge in [-0.25, -0.2) is 0 Å². The fourth-order valence-electron chi connectivity index (χ4n) is 0.996. The highest BCUT2D eigenvalue weighted by molar-refractivity contribution is 7.99. The smallest absolute Gasteiger partial charge is 0.0483 e. The number of nitrogens with two attached hydrogens (primary N) is 2. The van der Waals surface area contributed by atoms with Crippen molar-refractivity contribution < 1.29 is 0 Å². The molecule has 0 heterocycles. The fourth-order valence-corrected chi connectivity index (χ4v) is 1.39. The molecule has 4 heteroatoms. The molecule has 12 heavy (non-hydrogen) atoms. The number of benzene rings is 1. The number of hydrogen-bond acceptors (Lipinski definition) is 4. The van der Waals surface area contributed by atoms with Crippen LogP contribution >= 0.6 is 25.3 Å². The van der Waals surface area contributed by atoms with Crippen LogP contribution in [0, 0.1) is 0 Å². The van der Waals surface area contributed by atoms with Gasteiger partial charge in [0.2, 0.25) is 0 Å². The van der Waals surface area contributed by atoms with Crippen LogP contribution in [0.3, 0.4) is 0 Å². The Morgan fingerprint density at radius 2 is 1.92 bits per heavy atom. The van der Waals surface area contributed by atoms with E-state index in [-0.39, 0.29) is 4.58 Å². The van der Waals surface area contributed by atoms with E-state index in [4.69, 9.17) is 11.5 Å². The van der Waals surface area contributed by atoms with Gasteiger partial charge >= 0.3 is 0 Å². The van der Waals surface area contributed by atoms with E-state index < -0.39 is 0 Å². The van der Waals surface area contributed by atoms with Crippen molar-refractivity contribution in [1.82, 2.24) is 0 Å². The van der Waals surface area contributed by atoms with Crippen molar-refractivity contribution in [3.8, 4) is 0 Å². The Hall–Kier alpha value is -0.480. The summed E-state index contributed by atoms with van der Waals surface area (Å²) < 4.78 is 0.0240. The van der Waals surface area contributed by atoms with Crippen LogP contribution < -0.4 is 11.5 Å². The van der Waals surface area contributed by atoms with E-state index in [9.17, 15) is 0 Å². The van der Waals surface area contributed by atoms with Crippen molar-refractivity contribution in [1.29, 1.82) is 0 Å². The maximum absolute atomic E-state index is 5.72. The number of nitrogen functional groups attached to an aromatic ring is 2. The third kappa shape index (κ3) is 2.53. The summed E-state index contributed by atoms with van der Waals surface area (Å²) >= 11 is 8.32. The van der Waals surface area contributed by atoms with Gasteiger partial charge in [0.15, 0.2) is 0 Å². The second-order valence-electron chi connectivity index (χ2n) is 2.64. The molecule has 1 aromatic rings.